The van der Waals surface area contributed by atoms with Crippen LogP contribution in [-0.4, -0.2) is 52.7 Å². The van der Waals surface area contributed by atoms with Crippen LogP contribution in [0.2, 0.25) is 0 Å². The van der Waals surface area contributed by atoms with Gasteiger partial charge in [-0.2, -0.15) is 0 Å². The van der Waals surface area contributed by atoms with Crippen molar-refractivity contribution in [2.75, 3.05) is 26.7 Å². The zero-order valence-corrected chi connectivity index (χ0v) is 13.8. The minimum atomic E-state index is -0.297. The lowest BCUT2D eigenvalue weighted by Crippen LogP contribution is -2.37. The highest BCUT2D eigenvalue weighted by Crippen LogP contribution is 2.33. The molecular weight excluding hydrogens is 290 g/mol. The molecular formula is C18H23N3O2. The summed E-state index contributed by atoms with van der Waals surface area (Å²) in [7, 11) is 1.81. The first-order chi connectivity index (χ1) is 11.1. The van der Waals surface area contributed by atoms with E-state index in [1.165, 1.54) is 16.5 Å². The minimum absolute atomic E-state index is 0.186. The van der Waals surface area contributed by atoms with Crippen LogP contribution >= 0.6 is 0 Å². The van der Waals surface area contributed by atoms with Crippen molar-refractivity contribution in [3.8, 4) is 0 Å². The molecule has 2 fully saturated rings. The molecule has 1 spiro atoms. The fourth-order valence-corrected chi connectivity index (χ4v) is 4.01. The molecule has 0 saturated carbocycles. The van der Waals surface area contributed by atoms with E-state index in [0.29, 0.717) is 6.54 Å². The summed E-state index contributed by atoms with van der Waals surface area (Å²) in [6.07, 6.45) is 2.90. The molecule has 0 N–H and O–H groups in total. The highest BCUT2D eigenvalue weighted by molar-refractivity contribution is 5.83. The summed E-state index contributed by atoms with van der Waals surface area (Å²) in [5.74, 6) is 0. The number of benzene rings is 1. The molecule has 0 unspecified atom stereocenters. The highest BCUT2D eigenvalue weighted by atomic mass is 16.6. The fraction of sp³-hybridized carbons (Fsp3) is 0.500. The Bertz CT molecular complexity index is 754. The van der Waals surface area contributed by atoms with Gasteiger partial charge in [0.25, 0.3) is 0 Å². The van der Waals surface area contributed by atoms with Crippen molar-refractivity contribution >= 4 is 17.0 Å². The van der Waals surface area contributed by atoms with Crippen LogP contribution in [0.15, 0.2) is 30.5 Å². The van der Waals surface area contributed by atoms with E-state index in [1.54, 1.807) is 4.90 Å². The van der Waals surface area contributed by atoms with E-state index in [4.69, 9.17) is 4.74 Å². The number of amides is 1. The molecule has 1 atom stereocenters. The quantitative estimate of drug-likeness (QED) is 0.874. The van der Waals surface area contributed by atoms with Crippen molar-refractivity contribution in [1.29, 1.82) is 0 Å². The minimum Gasteiger partial charge on any atom is -0.439 e. The first-order valence-electron chi connectivity index (χ1n) is 8.33. The molecule has 1 amide bonds. The molecule has 0 radical (unpaired) electrons. The topological polar surface area (TPSA) is 37.7 Å². The van der Waals surface area contributed by atoms with Crippen molar-refractivity contribution < 1.29 is 9.53 Å². The average molecular weight is 313 g/mol. The Morgan fingerprint density at radius 1 is 1.26 bits per heavy atom. The number of ether oxygens (including phenoxy) is 1. The number of carbonyl (C=O) groups excluding carboxylic acids is 1. The molecule has 5 heteroatoms. The molecule has 2 aromatic rings. The van der Waals surface area contributed by atoms with E-state index < -0.39 is 0 Å². The van der Waals surface area contributed by atoms with Crippen molar-refractivity contribution in [3.63, 3.8) is 0 Å². The lowest BCUT2D eigenvalue weighted by Gasteiger charge is -2.22. The Hall–Kier alpha value is -2.01. The molecule has 2 aliphatic rings. The molecule has 23 heavy (non-hydrogen) atoms. The Balaban J connectivity index is 1.54. The highest BCUT2D eigenvalue weighted by Gasteiger charge is 2.48. The van der Waals surface area contributed by atoms with Crippen LogP contribution in [0.25, 0.3) is 10.9 Å². The summed E-state index contributed by atoms with van der Waals surface area (Å²) in [4.78, 5) is 15.8. The predicted molar refractivity (Wildman–Crippen MR) is 89.3 cm³/mol. The number of carbonyl (C=O) groups is 1. The van der Waals surface area contributed by atoms with E-state index in [9.17, 15) is 4.79 Å². The third-order valence-electron chi connectivity index (χ3n) is 5.17. The van der Waals surface area contributed by atoms with Crippen molar-refractivity contribution in [1.82, 2.24) is 14.4 Å². The van der Waals surface area contributed by atoms with Gasteiger partial charge in [-0.05, 0) is 24.6 Å². The third-order valence-corrected chi connectivity index (χ3v) is 5.17. The number of hydrogen-bond acceptors (Lipinski definition) is 3. The molecule has 0 bridgehead atoms. The second-order valence-corrected chi connectivity index (χ2v) is 6.82. The molecule has 1 aromatic carbocycles. The third kappa shape index (κ3) is 2.39. The predicted octanol–water partition coefficient (Wildman–Crippen LogP) is 2.69. The summed E-state index contributed by atoms with van der Waals surface area (Å²) in [5, 5.41) is 1.33. The number of likely N-dealkylation sites (N-methyl/N-ethyl adjacent to an activating group) is 1. The van der Waals surface area contributed by atoms with Gasteiger partial charge in [-0.1, -0.05) is 12.1 Å². The van der Waals surface area contributed by atoms with Gasteiger partial charge in [0.15, 0.2) is 0 Å². The Morgan fingerprint density at radius 2 is 2.13 bits per heavy atom. The summed E-state index contributed by atoms with van der Waals surface area (Å²) < 4.78 is 7.92. The Labute approximate surface area is 136 Å². The van der Waals surface area contributed by atoms with Crippen LogP contribution in [0.5, 0.6) is 0 Å². The zero-order valence-electron chi connectivity index (χ0n) is 13.8. The summed E-state index contributed by atoms with van der Waals surface area (Å²) in [5.41, 5.74) is 2.35. The van der Waals surface area contributed by atoms with Crippen LogP contribution in [0.4, 0.5) is 4.79 Å². The number of likely N-dealkylation sites (tertiary alicyclic amines) is 1. The molecule has 1 aromatic heterocycles. The molecule has 122 valence electrons. The van der Waals surface area contributed by atoms with E-state index >= 15 is 0 Å². The average Bonchev–Trinajstić information content (AvgIpc) is 3.19. The van der Waals surface area contributed by atoms with Gasteiger partial charge >= 0.3 is 6.09 Å². The maximum atomic E-state index is 11.7. The van der Waals surface area contributed by atoms with Crippen LogP contribution in [0, 0.1) is 0 Å². The van der Waals surface area contributed by atoms with E-state index in [0.717, 1.165) is 32.6 Å². The Morgan fingerprint density at radius 3 is 2.87 bits per heavy atom. The number of fused-ring (bicyclic) bond motifs is 1. The summed E-state index contributed by atoms with van der Waals surface area (Å²) >= 11 is 0. The van der Waals surface area contributed by atoms with Crippen LogP contribution in [0.3, 0.4) is 0 Å². The number of aryl methyl sites for hydroxylation is 1. The first-order valence-corrected chi connectivity index (χ1v) is 8.33. The van der Waals surface area contributed by atoms with Gasteiger partial charge < -0.3 is 14.2 Å². The number of nitrogens with zero attached hydrogens (tertiary/aromatic N) is 3. The maximum absolute atomic E-state index is 11.7. The molecule has 4 rings (SSSR count). The van der Waals surface area contributed by atoms with Crippen molar-refractivity contribution in [3.05, 3.63) is 36.0 Å². The SMILES string of the molecule is CCn1ccc2c(CN3CC[C@@]4(C3)CN(C)C(=O)O4)cccc21. The van der Waals surface area contributed by atoms with Crippen LogP contribution < -0.4 is 0 Å². The monoisotopic (exact) mass is 313 g/mol. The maximum Gasteiger partial charge on any atom is 0.410 e. The largest absolute Gasteiger partial charge is 0.439 e. The van der Waals surface area contributed by atoms with Gasteiger partial charge in [0.2, 0.25) is 0 Å². The number of hydrogen-bond donors (Lipinski definition) is 0. The van der Waals surface area contributed by atoms with E-state index in [-0.39, 0.29) is 11.7 Å². The smallest absolute Gasteiger partial charge is 0.410 e. The normalized spacial score (nSPS) is 25.0. The summed E-state index contributed by atoms with van der Waals surface area (Å²) in [6.45, 7) is 6.58. The molecule has 5 nitrogen and oxygen atoms in total. The number of rotatable bonds is 3. The lowest BCUT2D eigenvalue weighted by molar-refractivity contribution is 0.0628. The standard InChI is InChI=1S/C18H23N3O2/c1-3-21-9-7-15-14(5-4-6-16(15)21)11-20-10-8-18(13-20)12-19(2)17(22)23-18/h4-7,9H,3,8,10-13H2,1-2H3/t18-/m0/s1. The lowest BCUT2D eigenvalue weighted by atomic mass is 10.0. The van der Waals surface area contributed by atoms with Crippen molar-refractivity contribution in [2.24, 2.45) is 0 Å². The van der Waals surface area contributed by atoms with E-state index in [2.05, 4.69) is 46.9 Å². The first kappa shape index (κ1) is 14.6. The second kappa shape index (κ2) is 5.27. The van der Waals surface area contributed by atoms with Gasteiger partial charge in [0.1, 0.15) is 5.60 Å². The van der Waals surface area contributed by atoms with Crippen LogP contribution in [0.1, 0.15) is 18.9 Å². The zero-order chi connectivity index (χ0) is 16.0. The summed E-state index contributed by atoms with van der Waals surface area (Å²) in [6, 6.07) is 8.74. The molecule has 2 aliphatic heterocycles. The molecule has 2 saturated heterocycles. The van der Waals surface area contributed by atoms with Crippen LogP contribution in [-0.2, 0) is 17.8 Å². The van der Waals surface area contributed by atoms with Crippen molar-refractivity contribution in [2.45, 2.75) is 32.0 Å². The fourth-order valence-electron chi connectivity index (χ4n) is 4.01. The molecule has 0 aliphatic carbocycles. The second-order valence-electron chi connectivity index (χ2n) is 6.82. The van der Waals surface area contributed by atoms with E-state index in [1.807, 2.05) is 7.05 Å². The van der Waals surface area contributed by atoms with Gasteiger partial charge in [-0.25, -0.2) is 4.79 Å². The van der Waals surface area contributed by atoms with Gasteiger partial charge in [-0.3, -0.25) is 4.90 Å². The van der Waals surface area contributed by atoms with Gasteiger partial charge in [-0.15, -0.1) is 0 Å². The van der Waals surface area contributed by atoms with Gasteiger partial charge in [0, 0.05) is 56.7 Å². The van der Waals surface area contributed by atoms with Gasteiger partial charge in [0.05, 0.1) is 6.54 Å². The molecule has 3 heterocycles. The number of aromatic nitrogens is 1. The Kier molecular flexibility index (Phi) is 3.34.